The summed E-state index contributed by atoms with van der Waals surface area (Å²) in [6.45, 7) is 0. The summed E-state index contributed by atoms with van der Waals surface area (Å²) >= 11 is 1.69. The van der Waals surface area contributed by atoms with Gasteiger partial charge in [0.2, 0.25) is 0 Å². The van der Waals surface area contributed by atoms with Gasteiger partial charge >= 0.3 is 90.0 Å². The van der Waals surface area contributed by atoms with Gasteiger partial charge in [0.15, 0.2) is 0 Å². The Bertz CT molecular complexity index is 8.00. The summed E-state index contributed by atoms with van der Waals surface area (Å²) in [6.07, 6.45) is 0. The first-order valence-electron chi connectivity index (χ1n) is 0.154. The van der Waals surface area contributed by atoms with Gasteiger partial charge in [-0.1, -0.05) is 0 Å². The molecule has 4 heteroatoms. The van der Waals surface area contributed by atoms with E-state index in [0.717, 1.165) is 0 Å². The minimum absolute atomic E-state index is 0. The number of rotatable bonds is 0. The van der Waals surface area contributed by atoms with E-state index in [1.165, 1.54) is 0 Å². The molecular weight excluding hydrogens is 117 g/mol. The van der Waals surface area contributed by atoms with Crippen LogP contribution >= 0.6 is 0 Å². The molecule has 0 atom stereocenters. The molecule has 0 aromatic carbocycles. The van der Waals surface area contributed by atoms with E-state index >= 15 is 0 Å². The summed E-state index contributed by atoms with van der Waals surface area (Å²) in [5, 5.41) is 0. The molecule has 0 aliphatic rings. The van der Waals surface area contributed by atoms with E-state index in [1.54, 1.807) is 15.9 Å². The summed E-state index contributed by atoms with van der Waals surface area (Å²) in [6, 6.07) is 0. The third-order valence-corrected chi connectivity index (χ3v) is 0. The first-order chi connectivity index (χ1) is 1.00. The van der Waals surface area contributed by atoms with Gasteiger partial charge in [0.05, 0.1) is 0 Å². The second-order valence-electron chi connectivity index (χ2n) is 0. The molecule has 0 radical (unpaired) electrons. The second-order valence-corrected chi connectivity index (χ2v) is 0. The molecule has 0 aromatic rings. The van der Waals surface area contributed by atoms with Gasteiger partial charge in [0, 0.05) is 0 Å². The summed E-state index contributed by atoms with van der Waals surface area (Å²) < 4.78 is 8.06. The van der Waals surface area contributed by atoms with Gasteiger partial charge in [-0.3, -0.25) is 0 Å². The number of hydrogen-bond donors (Lipinski definition) is 0. The fraction of sp³-hybridized carbons (Fsp3) is 0. The van der Waals surface area contributed by atoms with Crippen LogP contribution in [0.5, 0.6) is 0 Å². The molecular formula is H2KLiMnO. The molecule has 0 fully saturated rings. The van der Waals surface area contributed by atoms with E-state index in [1.807, 2.05) is 0 Å². The van der Waals surface area contributed by atoms with Crippen molar-refractivity contribution >= 4 is 70.2 Å². The molecule has 0 N–H and O–H groups in total. The first-order valence-corrected chi connectivity index (χ1v) is 0.636. The summed E-state index contributed by atoms with van der Waals surface area (Å²) in [7, 11) is 0. The van der Waals surface area contributed by atoms with Gasteiger partial charge in [-0.25, -0.2) is 0 Å². The SMILES string of the molecule is [KH].[LiH].[O]=[Mn]. The Labute approximate surface area is 87.9 Å². The Balaban J connectivity index is -0.00000000500. The maximum absolute atomic E-state index is 8.06. The van der Waals surface area contributed by atoms with Crippen molar-refractivity contribution in [3.05, 3.63) is 0 Å². The maximum atomic E-state index is 8.06. The minimum atomic E-state index is 0. The molecule has 0 aliphatic heterocycles. The Hall–Kier alpha value is 2.55. The van der Waals surface area contributed by atoms with Crippen LogP contribution in [0.3, 0.4) is 0 Å². The molecule has 0 saturated heterocycles. The molecule has 1 nitrogen and oxygen atoms in total. The fourth-order valence-corrected chi connectivity index (χ4v) is 0. The zero-order valence-electron chi connectivity index (χ0n) is 0.786. The second kappa shape index (κ2) is 17.7. The van der Waals surface area contributed by atoms with Crippen molar-refractivity contribution in [2.24, 2.45) is 0 Å². The Kier molecular flexibility index (Phi) is 70.7. The predicted molar refractivity (Wildman–Crippen MR) is 15.0 cm³/mol. The molecule has 0 bridgehead atoms. The third-order valence-electron chi connectivity index (χ3n) is 0. The predicted octanol–water partition coefficient (Wildman–Crippen LogP) is -1.42. The van der Waals surface area contributed by atoms with Gasteiger partial charge in [0.1, 0.15) is 0 Å². The van der Waals surface area contributed by atoms with Crippen LogP contribution in [0.2, 0.25) is 0 Å². The number of hydrogen-bond acceptors (Lipinski definition) is 1. The molecule has 0 spiro atoms. The van der Waals surface area contributed by atoms with Crippen molar-refractivity contribution in [1.82, 2.24) is 0 Å². The molecule has 17 valence electrons. The van der Waals surface area contributed by atoms with Gasteiger partial charge in [-0.2, -0.15) is 0 Å². The standard InChI is InChI=1S/K.Li.Mn.O.2H. The van der Waals surface area contributed by atoms with Crippen molar-refractivity contribution in [3.63, 3.8) is 0 Å². The molecule has 4 heavy (non-hydrogen) atoms. The normalized spacial score (nSPS) is 1.00. The summed E-state index contributed by atoms with van der Waals surface area (Å²) in [5.74, 6) is 0. The monoisotopic (exact) mass is 119 g/mol. The van der Waals surface area contributed by atoms with Crippen LogP contribution in [-0.4, -0.2) is 70.2 Å². The molecule has 0 amide bonds. The van der Waals surface area contributed by atoms with Crippen molar-refractivity contribution in [2.75, 3.05) is 0 Å². The molecule has 0 saturated carbocycles. The third kappa shape index (κ3) is 8.82. The zero-order chi connectivity index (χ0) is 2.00. The van der Waals surface area contributed by atoms with E-state index < -0.39 is 0 Å². The van der Waals surface area contributed by atoms with Crippen LogP contribution in [0.4, 0.5) is 0 Å². The van der Waals surface area contributed by atoms with Crippen LogP contribution in [0.25, 0.3) is 0 Å². The van der Waals surface area contributed by atoms with Crippen molar-refractivity contribution in [3.8, 4) is 0 Å². The Morgan fingerprint density at radius 2 is 1.25 bits per heavy atom. The van der Waals surface area contributed by atoms with Gasteiger partial charge in [0.25, 0.3) is 0 Å². The summed E-state index contributed by atoms with van der Waals surface area (Å²) in [4.78, 5) is 0. The fourth-order valence-electron chi connectivity index (χ4n) is 0. The van der Waals surface area contributed by atoms with E-state index in [4.69, 9.17) is 3.83 Å². The Morgan fingerprint density at radius 1 is 1.25 bits per heavy atom. The van der Waals surface area contributed by atoms with Crippen LogP contribution in [0, 0.1) is 0 Å². The Morgan fingerprint density at radius 3 is 1.25 bits per heavy atom. The molecule has 0 aromatic heterocycles. The van der Waals surface area contributed by atoms with Crippen molar-refractivity contribution in [2.45, 2.75) is 0 Å². The molecule has 0 rings (SSSR count). The average Bonchev–Trinajstić information content (AvgIpc) is 1.00. The van der Waals surface area contributed by atoms with E-state index in [2.05, 4.69) is 0 Å². The first kappa shape index (κ1) is 16.0. The van der Waals surface area contributed by atoms with Gasteiger partial charge in [-0.15, -0.1) is 0 Å². The molecule has 0 aliphatic carbocycles. The quantitative estimate of drug-likeness (QED) is 0.358. The zero-order valence-corrected chi connectivity index (χ0v) is 1.97. The van der Waals surface area contributed by atoms with Crippen LogP contribution in [0.1, 0.15) is 0 Å². The molecule has 0 unspecified atom stereocenters. The van der Waals surface area contributed by atoms with Crippen LogP contribution in [-0.2, 0) is 19.8 Å². The van der Waals surface area contributed by atoms with Gasteiger partial charge in [-0.05, 0) is 0 Å². The average molecular weight is 119 g/mol. The van der Waals surface area contributed by atoms with Gasteiger partial charge < -0.3 is 0 Å². The molecule has 0 heterocycles. The van der Waals surface area contributed by atoms with E-state index in [9.17, 15) is 0 Å². The summed E-state index contributed by atoms with van der Waals surface area (Å²) in [5.41, 5.74) is 0. The van der Waals surface area contributed by atoms with Crippen molar-refractivity contribution < 1.29 is 19.8 Å². The van der Waals surface area contributed by atoms with E-state index in [-0.39, 0.29) is 70.2 Å². The van der Waals surface area contributed by atoms with Crippen molar-refractivity contribution in [1.29, 1.82) is 0 Å². The van der Waals surface area contributed by atoms with Crippen LogP contribution in [0.15, 0.2) is 0 Å². The van der Waals surface area contributed by atoms with E-state index in [0.29, 0.717) is 0 Å². The topological polar surface area (TPSA) is 17.1 Å². The van der Waals surface area contributed by atoms with Crippen LogP contribution < -0.4 is 0 Å².